The highest BCUT2D eigenvalue weighted by Crippen LogP contribution is 2.30. The third-order valence-corrected chi connectivity index (χ3v) is 3.72. The monoisotopic (exact) mass is 292 g/mol. The van der Waals surface area contributed by atoms with E-state index in [1.807, 2.05) is 38.1 Å². The molecule has 0 saturated heterocycles. The molecule has 1 aromatic rings. The zero-order valence-corrected chi connectivity index (χ0v) is 12.9. The fraction of sp³-hybridized carbons (Fsp3) is 0.562. The van der Waals surface area contributed by atoms with Gasteiger partial charge in [-0.2, -0.15) is 0 Å². The predicted molar refractivity (Wildman–Crippen MR) is 83.6 cm³/mol. The molecule has 5 nitrogen and oxygen atoms in total. The predicted octanol–water partition coefficient (Wildman–Crippen LogP) is 2.64. The van der Waals surface area contributed by atoms with E-state index in [-0.39, 0.29) is 24.2 Å². The number of anilines is 2. The number of rotatable bonds is 7. The molecule has 0 spiro atoms. The highest BCUT2D eigenvalue weighted by molar-refractivity contribution is 5.90. The van der Waals surface area contributed by atoms with E-state index in [1.165, 1.54) is 0 Å². The lowest BCUT2D eigenvalue weighted by molar-refractivity contribution is -0.118. The van der Waals surface area contributed by atoms with Gasteiger partial charge in [-0.05, 0) is 31.5 Å². The van der Waals surface area contributed by atoms with E-state index in [2.05, 4.69) is 10.6 Å². The molecule has 1 amide bonds. The minimum Gasteiger partial charge on any atom is -0.379 e. The molecule has 0 heterocycles. The molecule has 5 heteroatoms. The molecular weight excluding hydrogens is 268 g/mol. The molecule has 1 aliphatic rings. The second kappa shape index (κ2) is 7.43. The molecule has 3 unspecified atom stereocenters. The third kappa shape index (κ3) is 3.95. The van der Waals surface area contributed by atoms with Crippen molar-refractivity contribution in [2.45, 2.75) is 44.9 Å². The number of ether oxygens (including phenoxy) is 2. The van der Waals surface area contributed by atoms with Crippen LogP contribution in [0.4, 0.5) is 11.4 Å². The molecule has 0 radical (unpaired) electrons. The van der Waals surface area contributed by atoms with Gasteiger partial charge in [-0.25, -0.2) is 0 Å². The summed E-state index contributed by atoms with van der Waals surface area (Å²) in [5.41, 5.74) is 1.78. The topological polar surface area (TPSA) is 59.6 Å². The van der Waals surface area contributed by atoms with Crippen molar-refractivity contribution in [1.29, 1.82) is 0 Å². The molecule has 0 aliphatic heterocycles. The van der Waals surface area contributed by atoms with Gasteiger partial charge in [0.25, 0.3) is 0 Å². The second-order valence-electron chi connectivity index (χ2n) is 5.16. The number of carbonyl (C=O) groups excluding carboxylic acids is 1. The Hall–Kier alpha value is -1.59. The van der Waals surface area contributed by atoms with Crippen LogP contribution >= 0.6 is 0 Å². The first-order chi connectivity index (χ1) is 10.2. The van der Waals surface area contributed by atoms with E-state index in [9.17, 15) is 4.79 Å². The zero-order valence-electron chi connectivity index (χ0n) is 12.9. The summed E-state index contributed by atoms with van der Waals surface area (Å²) in [6.45, 7) is 4.53. The Morgan fingerprint density at radius 1 is 1.33 bits per heavy atom. The van der Waals surface area contributed by atoms with Crippen LogP contribution in [0.15, 0.2) is 24.3 Å². The van der Waals surface area contributed by atoms with Crippen LogP contribution in [0.25, 0.3) is 0 Å². The SMILES string of the molecule is CCOC1CC(Nc2cccc(NC(=O)CC)c2)C1OC. The largest absolute Gasteiger partial charge is 0.379 e. The molecule has 0 bridgehead atoms. The summed E-state index contributed by atoms with van der Waals surface area (Å²) in [5.74, 6) is 0.0157. The number of carbonyl (C=O) groups is 1. The number of hydrogen-bond donors (Lipinski definition) is 2. The number of amides is 1. The van der Waals surface area contributed by atoms with Crippen LogP contribution in [0.2, 0.25) is 0 Å². The number of methoxy groups -OCH3 is 1. The Bertz CT molecular complexity index is 478. The standard InChI is InChI=1S/C16H24N2O3/c1-4-15(19)18-12-8-6-7-11(9-12)17-13-10-14(21-5-2)16(13)20-3/h6-9,13-14,16-17H,4-5,10H2,1-3H3,(H,18,19). The highest BCUT2D eigenvalue weighted by Gasteiger charge is 2.42. The van der Waals surface area contributed by atoms with Gasteiger partial charge in [0.1, 0.15) is 6.10 Å². The molecule has 2 rings (SSSR count). The van der Waals surface area contributed by atoms with Crippen LogP contribution in [0.5, 0.6) is 0 Å². The summed E-state index contributed by atoms with van der Waals surface area (Å²) in [7, 11) is 1.71. The Labute approximate surface area is 126 Å². The molecular formula is C16H24N2O3. The summed E-state index contributed by atoms with van der Waals surface area (Å²) >= 11 is 0. The fourth-order valence-electron chi connectivity index (χ4n) is 2.57. The molecule has 116 valence electrons. The van der Waals surface area contributed by atoms with E-state index in [1.54, 1.807) is 7.11 Å². The third-order valence-electron chi connectivity index (χ3n) is 3.72. The highest BCUT2D eigenvalue weighted by atomic mass is 16.5. The van der Waals surface area contributed by atoms with Crippen LogP contribution in [0, 0.1) is 0 Å². The molecule has 1 aliphatic carbocycles. The molecule has 0 aromatic heterocycles. The van der Waals surface area contributed by atoms with Gasteiger partial charge < -0.3 is 20.1 Å². The summed E-state index contributed by atoms with van der Waals surface area (Å²) in [5, 5.41) is 6.30. The second-order valence-corrected chi connectivity index (χ2v) is 5.16. The van der Waals surface area contributed by atoms with Gasteiger partial charge in [-0.1, -0.05) is 13.0 Å². The number of hydrogen-bond acceptors (Lipinski definition) is 4. The summed E-state index contributed by atoms with van der Waals surface area (Å²) in [6, 6.07) is 7.98. The van der Waals surface area contributed by atoms with E-state index in [0.29, 0.717) is 13.0 Å². The van der Waals surface area contributed by atoms with E-state index < -0.39 is 0 Å². The van der Waals surface area contributed by atoms with Gasteiger partial charge in [0.15, 0.2) is 0 Å². The smallest absolute Gasteiger partial charge is 0.224 e. The van der Waals surface area contributed by atoms with Crippen LogP contribution in [0.1, 0.15) is 26.7 Å². The minimum absolute atomic E-state index is 0.0157. The maximum Gasteiger partial charge on any atom is 0.224 e. The van der Waals surface area contributed by atoms with Crippen molar-refractivity contribution in [2.24, 2.45) is 0 Å². The van der Waals surface area contributed by atoms with Crippen LogP contribution in [-0.2, 0) is 14.3 Å². The van der Waals surface area contributed by atoms with Crippen molar-refractivity contribution in [3.05, 3.63) is 24.3 Å². The Balaban J connectivity index is 1.94. The van der Waals surface area contributed by atoms with Crippen LogP contribution < -0.4 is 10.6 Å². The number of nitrogens with one attached hydrogen (secondary N) is 2. The lowest BCUT2D eigenvalue weighted by Gasteiger charge is -2.43. The average Bonchev–Trinajstić information content (AvgIpc) is 2.46. The molecule has 3 atom stereocenters. The molecule has 21 heavy (non-hydrogen) atoms. The van der Waals surface area contributed by atoms with E-state index >= 15 is 0 Å². The first kappa shape index (κ1) is 15.8. The van der Waals surface area contributed by atoms with Gasteiger partial charge in [0.2, 0.25) is 5.91 Å². The molecule has 1 aromatic carbocycles. The fourth-order valence-corrected chi connectivity index (χ4v) is 2.57. The summed E-state index contributed by atoms with van der Waals surface area (Å²) < 4.78 is 11.1. The normalized spacial score (nSPS) is 24.2. The zero-order chi connectivity index (χ0) is 15.2. The molecule has 1 saturated carbocycles. The summed E-state index contributed by atoms with van der Waals surface area (Å²) in [6.07, 6.45) is 1.64. The first-order valence-electron chi connectivity index (χ1n) is 7.48. The van der Waals surface area contributed by atoms with Crippen molar-refractivity contribution in [2.75, 3.05) is 24.4 Å². The Morgan fingerprint density at radius 3 is 2.76 bits per heavy atom. The Morgan fingerprint density at radius 2 is 2.10 bits per heavy atom. The first-order valence-corrected chi connectivity index (χ1v) is 7.48. The average molecular weight is 292 g/mol. The van der Waals surface area contributed by atoms with Gasteiger partial charge >= 0.3 is 0 Å². The number of benzene rings is 1. The van der Waals surface area contributed by atoms with E-state index in [0.717, 1.165) is 17.8 Å². The van der Waals surface area contributed by atoms with Crippen molar-refractivity contribution >= 4 is 17.3 Å². The van der Waals surface area contributed by atoms with Crippen molar-refractivity contribution < 1.29 is 14.3 Å². The van der Waals surface area contributed by atoms with Crippen molar-refractivity contribution in [3.63, 3.8) is 0 Å². The van der Waals surface area contributed by atoms with Crippen LogP contribution in [-0.4, -0.2) is 37.9 Å². The Kier molecular flexibility index (Phi) is 5.59. The maximum atomic E-state index is 11.4. The van der Waals surface area contributed by atoms with Gasteiger partial charge in [-0.3, -0.25) is 4.79 Å². The molecule has 1 fully saturated rings. The lowest BCUT2D eigenvalue weighted by atomic mass is 9.85. The van der Waals surface area contributed by atoms with E-state index in [4.69, 9.17) is 9.47 Å². The maximum absolute atomic E-state index is 11.4. The van der Waals surface area contributed by atoms with Gasteiger partial charge in [0.05, 0.1) is 12.1 Å². The molecule has 2 N–H and O–H groups in total. The van der Waals surface area contributed by atoms with Crippen LogP contribution in [0.3, 0.4) is 0 Å². The lowest BCUT2D eigenvalue weighted by Crippen LogP contribution is -2.56. The summed E-state index contributed by atoms with van der Waals surface area (Å²) in [4.78, 5) is 11.4. The quantitative estimate of drug-likeness (QED) is 0.811. The minimum atomic E-state index is 0.0157. The van der Waals surface area contributed by atoms with Crippen molar-refractivity contribution in [3.8, 4) is 0 Å². The van der Waals surface area contributed by atoms with Crippen molar-refractivity contribution in [1.82, 2.24) is 0 Å². The van der Waals surface area contributed by atoms with Gasteiger partial charge in [0, 0.05) is 31.5 Å². The van der Waals surface area contributed by atoms with Gasteiger partial charge in [-0.15, -0.1) is 0 Å².